The second-order valence-electron chi connectivity index (χ2n) is 6.58. The molecule has 1 amide bonds. The van der Waals surface area contributed by atoms with E-state index in [9.17, 15) is 9.59 Å². The van der Waals surface area contributed by atoms with Crippen LogP contribution in [0.2, 0.25) is 0 Å². The molecule has 0 unspecified atom stereocenters. The molecule has 4 rings (SSSR count). The highest BCUT2D eigenvalue weighted by Gasteiger charge is 2.24. The van der Waals surface area contributed by atoms with Crippen molar-refractivity contribution in [3.63, 3.8) is 0 Å². The lowest BCUT2D eigenvalue weighted by Crippen LogP contribution is -2.32. The zero-order valence-corrected chi connectivity index (χ0v) is 16.3. The number of carbonyl (C=O) groups excluding carboxylic acids is 2. The van der Waals surface area contributed by atoms with Gasteiger partial charge in [-0.1, -0.05) is 12.1 Å². The normalized spacial score (nSPS) is 11.8. The number of aromatic nitrogens is 2. The number of amides is 1. The van der Waals surface area contributed by atoms with E-state index in [1.807, 2.05) is 36.4 Å². The summed E-state index contributed by atoms with van der Waals surface area (Å²) in [5.74, 6) is 0.351. The lowest BCUT2D eigenvalue weighted by Gasteiger charge is -2.23. The van der Waals surface area contributed by atoms with Gasteiger partial charge in [-0.05, 0) is 35.9 Å². The predicted molar refractivity (Wildman–Crippen MR) is 106 cm³/mol. The summed E-state index contributed by atoms with van der Waals surface area (Å²) in [7, 11) is 1.27. The number of carbonyl (C=O) groups is 2. The third-order valence-corrected chi connectivity index (χ3v) is 4.63. The monoisotopic (exact) mass is 405 g/mol. The molecule has 152 valence electrons. The number of benzene rings is 1. The van der Waals surface area contributed by atoms with Crippen LogP contribution in [0.25, 0.3) is 0 Å². The van der Waals surface area contributed by atoms with Crippen LogP contribution in [-0.4, -0.2) is 40.6 Å². The Kier molecular flexibility index (Phi) is 5.56. The third kappa shape index (κ3) is 4.07. The molecule has 0 bridgehead atoms. The second kappa shape index (κ2) is 8.60. The number of fused-ring (bicyclic) bond motifs is 1. The molecule has 0 saturated carbocycles. The van der Waals surface area contributed by atoms with Crippen LogP contribution in [0.3, 0.4) is 0 Å². The van der Waals surface area contributed by atoms with Gasteiger partial charge in [-0.25, -0.2) is 4.79 Å². The summed E-state index contributed by atoms with van der Waals surface area (Å²) in [6.45, 7) is 0.707. The fourth-order valence-electron chi connectivity index (χ4n) is 3.17. The second-order valence-corrected chi connectivity index (χ2v) is 6.58. The van der Waals surface area contributed by atoms with E-state index in [1.165, 1.54) is 25.6 Å². The topological polar surface area (TPSA) is 90.9 Å². The molecule has 1 aliphatic rings. The molecule has 0 aliphatic carbocycles. The van der Waals surface area contributed by atoms with Crippen molar-refractivity contribution in [2.45, 2.75) is 13.1 Å². The van der Waals surface area contributed by atoms with E-state index in [2.05, 4.69) is 9.97 Å². The molecule has 0 N–H and O–H groups in total. The number of nitrogens with zero attached hydrogens (tertiary/aromatic N) is 3. The molecule has 3 aromatic rings. The lowest BCUT2D eigenvalue weighted by molar-refractivity contribution is 0.0587. The zero-order chi connectivity index (χ0) is 20.9. The minimum atomic E-state index is -0.596. The maximum absolute atomic E-state index is 13.4. The van der Waals surface area contributed by atoms with Gasteiger partial charge in [-0.3, -0.25) is 14.8 Å². The Morgan fingerprint density at radius 2 is 1.90 bits per heavy atom. The van der Waals surface area contributed by atoms with E-state index in [-0.39, 0.29) is 36.9 Å². The first-order chi connectivity index (χ1) is 14.7. The van der Waals surface area contributed by atoms with Crippen molar-refractivity contribution in [3.8, 4) is 11.5 Å². The van der Waals surface area contributed by atoms with Gasteiger partial charge in [0, 0.05) is 25.1 Å². The Balaban J connectivity index is 1.67. The van der Waals surface area contributed by atoms with Crippen LogP contribution in [0.4, 0.5) is 0 Å². The molecule has 0 radical (unpaired) electrons. The quantitative estimate of drug-likeness (QED) is 0.583. The Morgan fingerprint density at radius 1 is 1.03 bits per heavy atom. The summed E-state index contributed by atoms with van der Waals surface area (Å²) in [4.78, 5) is 35.5. The van der Waals surface area contributed by atoms with Crippen LogP contribution < -0.4 is 9.47 Å². The van der Waals surface area contributed by atoms with Crippen LogP contribution in [-0.2, 0) is 17.8 Å². The van der Waals surface area contributed by atoms with Crippen molar-refractivity contribution in [1.29, 1.82) is 0 Å². The third-order valence-electron chi connectivity index (χ3n) is 4.63. The molecule has 8 heteroatoms. The summed E-state index contributed by atoms with van der Waals surface area (Å²) >= 11 is 0. The standard InChI is InChI=1S/C22H19N3O5/c1-28-22(27)17-7-9-23-11-18(17)21(26)25(13-16-4-2-3-8-24-16)12-15-5-6-19-20(10-15)30-14-29-19/h2-11H,12-14H2,1H3. The van der Waals surface area contributed by atoms with Gasteiger partial charge in [0.2, 0.25) is 6.79 Å². The first kappa shape index (κ1) is 19.4. The summed E-state index contributed by atoms with van der Waals surface area (Å²) in [5, 5.41) is 0. The van der Waals surface area contributed by atoms with Gasteiger partial charge in [-0.2, -0.15) is 0 Å². The average molecular weight is 405 g/mol. The summed E-state index contributed by atoms with van der Waals surface area (Å²) < 4.78 is 15.6. The highest BCUT2D eigenvalue weighted by atomic mass is 16.7. The molecule has 8 nitrogen and oxygen atoms in total. The maximum atomic E-state index is 13.4. The van der Waals surface area contributed by atoms with Crippen LogP contribution in [0, 0.1) is 0 Å². The number of hydrogen-bond donors (Lipinski definition) is 0. The molecule has 0 atom stereocenters. The largest absolute Gasteiger partial charge is 0.465 e. The maximum Gasteiger partial charge on any atom is 0.338 e. The fourth-order valence-corrected chi connectivity index (χ4v) is 3.17. The van der Waals surface area contributed by atoms with Crippen LogP contribution >= 0.6 is 0 Å². The first-order valence-corrected chi connectivity index (χ1v) is 9.25. The van der Waals surface area contributed by atoms with Crippen molar-refractivity contribution in [2.75, 3.05) is 13.9 Å². The number of hydrogen-bond acceptors (Lipinski definition) is 7. The molecule has 2 aromatic heterocycles. The zero-order valence-electron chi connectivity index (χ0n) is 16.3. The van der Waals surface area contributed by atoms with Gasteiger partial charge < -0.3 is 19.1 Å². The summed E-state index contributed by atoms with van der Waals surface area (Å²) in [5.41, 5.74) is 1.90. The summed E-state index contributed by atoms with van der Waals surface area (Å²) in [6.07, 6.45) is 4.49. The van der Waals surface area contributed by atoms with Gasteiger partial charge >= 0.3 is 5.97 Å². The Labute approximate surface area is 173 Å². The van der Waals surface area contributed by atoms with Gasteiger partial charge in [0.05, 0.1) is 30.5 Å². The van der Waals surface area contributed by atoms with Crippen LogP contribution in [0.1, 0.15) is 32.0 Å². The van der Waals surface area contributed by atoms with E-state index in [0.717, 1.165) is 11.3 Å². The van der Waals surface area contributed by atoms with Crippen molar-refractivity contribution >= 4 is 11.9 Å². The molecule has 30 heavy (non-hydrogen) atoms. The van der Waals surface area contributed by atoms with E-state index in [1.54, 1.807) is 11.1 Å². The smallest absolute Gasteiger partial charge is 0.338 e. The number of ether oxygens (including phenoxy) is 3. The Bertz CT molecular complexity index is 1070. The lowest BCUT2D eigenvalue weighted by atomic mass is 10.1. The fraction of sp³-hybridized carbons (Fsp3) is 0.182. The molecule has 3 heterocycles. The van der Waals surface area contributed by atoms with E-state index in [4.69, 9.17) is 14.2 Å². The van der Waals surface area contributed by atoms with Crippen LogP contribution in [0.5, 0.6) is 11.5 Å². The minimum Gasteiger partial charge on any atom is -0.465 e. The van der Waals surface area contributed by atoms with Gasteiger partial charge in [0.1, 0.15) is 0 Å². The number of rotatable bonds is 6. The first-order valence-electron chi connectivity index (χ1n) is 9.25. The van der Waals surface area contributed by atoms with Crippen LogP contribution in [0.15, 0.2) is 61.1 Å². The number of esters is 1. The van der Waals surface area contributed by atoms with Crippen molar-refractivity contribution in [2.24, 2.45) is 0 Å². The van der Waals surface area contributed by atoms with Gasteiger partial charge in [0.25, 0.3) is 5.91 Å². The minimum absolute atomic E-state index is 0.161. The average Bonchev–Trinajstić information content (AvgIpc) is 3.26. The van der Waals surface area contributed by atoms with Crippen molar-refractivity contribution in [3.05, 3.63) is 83.4 Å². The summed E-state index contributed by atoms with van der Waals surface area (Å²) in [6, 6.07) is 12.5. The molecule has 0 spiro atoms. The highest BCUT2D eigenvalue weighted by Crippen LogP contribution is 2.33. The Morgan fingerprint density at radius 3 is 2.70 bits per heavy atom. The highest BCUT2D eigenvalue weighted by molar-refractivity contribution is 6.05. The molecule has 0 saturated heterocycles. The van der Waals surface area contributed by atoms with Crippen molar-refractivity contribution < 1.29 is 23.8 Å². The van der Waals surface area contributed by atoms with Crippen molar-refractivity contribution in [1.82, 2.24) is 14.9 Å². The predicted octanol–water partition coefficient (Wildman–Crippen LogP) is 2.83. The number of methoxy groups -OCH3 is 1. The van der Waals surface area contributed by atoms with E-state index >= 15 is 0 Å². The molecule has 1 aliphatic heterocycles. The molecular weight excluding hydrogens is 386 g/mol. The Hall–Kier alpha value is -3.94. The molecule has 0 fully saturated rings. The SMILES string of the molecule is COC(=O)c1ccncc1C(=O)N(Cc1ccc2c(c1)OCO2)Cc1ccccn1. The molecular formula is C22H19N3O5. The molecule has 1 aromatic carbocycles. The van der Waals surface area contributed by atoms with E-state index < -0.39 is 5.97 Å². The van der Waals surface area contributed by atoms with Gasteiger partial charge in [0.15, 0.2) is 11.5 Å². The van der Waals surface area contributed by atoms with Gasteiger partial charge in [-0.15, -0.1) is 0 Å². The number of pyridine rings is 2. The van der Waals surface area contributed by atoms with E-state index in [0.29, 0.717) is 11.5 Å².